The molecule has 0 unspecified atom stereocenters. The van der Waals surface area contributed by atoms with Crippen molar-refractivity contribution in [2.24, 2.45) is 5.73 Å². The smallest absolute Gasteiger partial charge is 0.0597 e. The third-order valence-corrected chi connectivity index (χ3v) is 3.14. The van der Waals surface area contributed by atoms with Gasteiger partial charge in [-0.3, -0.25) is 9.58 Å². The predicted molar refractivity (Wildman–Crippen MR) is 65.1 cm³/mol. The number of nitrogens with two attached hydrogens (primary N) is 1. The second kappa shape index (κ2) is 5.46. The second-order valence-electron chi connectivity index (χ2n) is 4.63. The van der Waals surface area contributed by atoms with Crippen LogP contribution in [0.2, 0.25) is 0 Å². The van der Waals surface area contributed by atoms with Crippen LogP contribution in [-0.2, 0) is 13.1 Å². The monoisotopic (exact) mass is 222 g/mol. The molecule has 0 fully saturated rings. The maximum Gasteiger partial charge on any atom is 0.0597 e. The molecule has 0 aromatic carbocycles. The van der Waals surface area contributed by atoms with Crippen LogP contribution in [0.1, 0.15) is 30.7 Å². The van der Waals surface area contributed by atoms with Crippen molar-refractivity contribution in [3.8, 4) is 0 Å². The number of unbranched alkanes of at least 4 members (excludes halogenated alkanes) is 1. The average molecular weight is 222 g/mol. The zero-order valence-electron chi connectivity index (χ0n) is 10.2. The van der Waals surface area contributed by atoms with Crippen molar-refractivity contribution in [3.63, 3.8) is 0 Å². The van der Waals surface area contributed by atoms with Gasteiger partial charge in [0, 0.05) is 19.6 Å². The summed E-state index contributed by atoms with van der Waals surface area (Å²) in [7, 11) is 0. The van der Waals surface area contributed by atoms with E-state index in [1.165, 1.54) is 31.6 Å². The van der Waals surface area contributed by atoms with Gasteiger partial charge < -0.3 is 5.73 Å². The first-order valence-electron chi connectivity index (χ1n) is 6.25. The SMILES string of the molecule is Cc1cc2n(n1)CCCN(CCCCN)C2. The molecule has 1 aliphatic rings. The van der Waals surface area contributed by atoms with E-state index in [1.54, 1.807) is 0 Å². The maximum atomic E-state index is 5.52. The van der Waals surface area contributed by atoms with Gasteiger partial charge in [-0.25, -0.2) is 0 Å². The molecule has 16 heavy (non-hydrogen) atoms. The van der Waals surface area contributed by atoms with Gasteiger partial charge in [-0.15, -0.1) is 0 Å². The normalized spacial score (nSPS) is 17.1. The van der Waals surface area contributed by atoms with Crippen LogP contribution in [0, 0.1) is 6.92 Å². The minimum atomic E-state index is 0.810. The van der Waals surface area contributed by atoms with Gasteiger partial charge in [-0.2, -0.15) is 5.10 Å². The van der Waals surface area contributed by atoms with Gasteiger partial charge in [0.05, 0.1) is 11.4 Å². The number of aromatic nitrogens is 2. The quantitative estimate of drug-likeness (QED) is 0.777. The van der Waals surface area contributed by atoms with E-state index in [1.807, 2.05) is 0 Å². The fourth-order valence-corrected chi connectivity index (χ4v) is 2.34. The van der Waals surface area contributed by atoms with Crippen LogP contribution in [0.5, 0.6) is 0 Å². The van der Waals surface area contributed by atoms with E-state index in [9.17, 15) is 0 Å². The molecule has 2 N–H and O–H groups in total. The second-order valence-corrected chi connectivity index (χ2v) is 4.63. The zero-order valence-corrected chi connectivity index (χ0v) is 10.2. The molecule has 0 saturated carbocycles. The first kappa shape index (κ1) is 11.6. The van der Waals surface area contributed by atoms with E-state index < -0.39 is 0 Å². The van der Waals surface area contributed by atoms with Crippen LogP contribution in [0.15, 0.2) is 6.07 Å². The van der Waals surface area contributed by atoms with E-state index in [2.05, 4.69) is 27.7 Å². The van der Waals surface area contributed by atoms with Crippen molar-refractivity contribution < 1.29 is 0 Å². The van der Waals surface area contributed by atoms with Crippen molar-refractivity contribution in [1.29, 1.82) is 0 Å². The lowest BCUT2D eigenvalue weighted by atomic mass is 10.2. The van der Waals surface area contributed by atoms with Gasteiger partial charge >= 0.3 is 0 Å². The highest BCUT2D eigenvalue weighted by molar-refractivity contribution is 5.09. The zero-order chi connectivity index (χ0) is 11.4. The molecule has 0 radical (unpaired) electrons. The molecule has 1 aromatic rings. The highest BCUT2D eigenvalue weighted by atomic mass is 15.3. The van der Waals surface area contributed by atoms with Gasteiger partial charge in [-0.1, -0.05) is 0 Å². The molecule has 4 heteroatoms. The number of fused-ring (bicyclic) bond motifs is 1. The van der Waals surface area contributed by atoms with E-state index >= 15 is 0 Å². The predicted octanol–water partition coefficient (Wildman–Crippen LogP) is 1.14. The van der Waals surface area contributed by atoms with Crippen LogP contribution in [0.4, 0.5) is 0 Å². The lowest BCUT2D eigenvalue weighted by Crippen LogP contribution is -2.24. The molecule has 2 heterocycles. The summed E-state index contributed by atoms with van der Waals surface area (Å²) in [6.07, 6.45) is 3.55. The fraction of sp³-hybridized carbons (Fsp3) is 0.750. The Morgan fingerprint density at radius 3 is 3.06 bits per heavy atom. The largest absolute Gasteiger partial charge is 0.330 e. The van der Waals surface area contributed by atoms with Gasteiger partial charge in [0.1, 0.15) is 0 Å². The number of aryl methyl sites for hydroxylation is 2. The molecular formula is C12H22N4. The van der Waals surface area contributed by atoms with E-state index in [4.69, 9.17) is 5.73 Å². The molecule has 1 aliphatic heterocycles. The Hall–Kier alpha value is -0.870. The Morgan fingerprint density at radius 2 is 2.25 bits per heavy atom. The summed E-state index contributed by atoms with van der Waals surface area (Å²) >= 11 is 0. The number of nitrogens with zero attached hydrogens (tertiary/aromatic N) is 3. The van der Waals surface area contributed by atoms with Crippen molar-refractivity contribution in [2.45, 2.75) is 39.3 Å². The number of hydrogen-bond donors (Lipinski definition) is 1. The Labute approximate surface area is 97.4 Å². The van der Waals surface area contributed by atoms with Gasteiger partial charge in [0.2, 0.25) is 0 Å². The molecule has 2 rings (SSSR count). The Kier molecular flexibility index (Phi) is 3.96. The Balaban J connectivity index is 1.93. The molecule has 0 aliphatic carbocycles. The summed E-state index contributed by atoms with van der Waals surface area (Å²) in [5.74, 6) is 0. The molecule has 0 saturated heterocycles. The topological polar surface area (TPSA) is 47.1 Å². The summed E-state index contributed by atoms with van der Waals surface area (Å²) in [6, 6.07) is 2.21. The van der Waals surface area contributed by atoms with Gasteiger partial charge in [0.15, 0.2) is 0 Å². The van der Waals surface area contributed by atoms with Crippen molar-refractivity contribution in [1.82, 2.24) is 14.7 Å². The third kappa shape index (κ3) is 2.83. The van der Waals surface area contributed by atoms with Crippen LogP contribution in [0.25, 0.3) is 0 Å². The molecular weight excluding hydrogens is 200 g/mol. The molecule has 90 valence electrons. The fourth-order valence-electron chi connectivity index (χ4n) is 2.34. The molecule has 0 atom stereocenters. The number of hydrogen-bond acceptors (Lipinski definition) is 3. The first-order chi connectivity index (χ1) is 7.79. The average Bonchev–Trinajstić information content (AvgIpc) is 2.48. The van der Waals surface area contributed by atoms with Crippen molar-refractivity contribution in [2.75, 3.05) is 19.6 Å². The minimum Gasteiger partial charge on any atom is -0.330 e. The molecule has 1 aromatic heterocycles. The minimum absolute atomic E-state index is 0.810. The molecule has 0 bridgehead atoms. The Bertz CT molecular complexity index is 332. The van der Waals surface area contributed by atoms with E-state index in [-0.39, 0.29) is 0 Å². The highest BCUT2D eigenvalue weighted by Crippen LogP contribution is 2.13. The summed E-state index contributed by atoms with van der Waals surface area (Å²) < 4.78 is 2.16. The van der Waals surface area contributed by atoms with Crippen LogP contribution >= 0.6 is 0 Å². The van der Waals surface area contributed by atoms with Gasteiger partial charge in [-0.05, 0) is 45.3 Å². The summed E-state index contributed by atoms with van der Waals surface area (Å²) in [5.41, 5.74) is 8.02. The standard InChI is InChI=1S/C12H22N4/c1-11-9-12-10-15(6-3-2-5-13)7-4-8-16(12)14-11/h9H,2-8,10,13H2,1H3. The highest BCUT2D eigenvalue weighted by Gasteiger charge is 2.14. The summed E-state index contributed by atoms with van der Waals surface area (Å²) in [6.45, 7) is 7.35. The summed E-state index contributed by atoms with van der Waals surface area (Å²) in [4.78, 5) is 2.52. The molecule has 0 amide bonds. The van der Waals surface area contributed by atoms with Crippen molar-refractivity contribution >= 4 is 0 Å². The summed E-state index contributed by atoms with van der Waals surface area (Å²) in [5, 5.41) is 4.51. The van der Waals surface area contributed by atoms with Crippen molar-refractivity contribution in [3.05, 3.63) is 17.5 Å². The lowest BCUT2D eigenvalue weighted by Gasteiger charge is -2.18. The van der Waals surface area contributed by atoms with Crippen LogP contribution in [-0.4, -0.2) is 34.3 Å². The third-order valence-electron chi connectivity index (χ3n) is 3.14. The number of rotatable bonds is 4. The van der Waals surface area contributed by atoms with E-state index in [0.717, 1.165) is 31.7 Å². The lowest BCUT2D eigenvalue weighted by molar-refractivity contribution is 0.264. The molecule has 4 nitrogen and oxygen atoms in total. The Morgan fingerprint density at radius 1 is 1.38 bits per heavy atom. The van der Waals surface area contributed by atoms with Crippen LogP contribution < -0.4 is 5.73 Å². The maximum absolute atomic E-state index is 5.52. The first-order valence-corrected chi connectivity index (χ1v) is 6.25. The van der Waals surface area contributed by atoms with E-state index in [0.29, 0.717) is 0 Å². The molecule has 0 spiro atoms. The van der Waals surface area contributed by atoms with Gasteiger partial charge in [0.25, 0.3) is 0 Å². The van der Waals surface area contributed by atoms with Crippen LogP contribution in [0.3, 0.4) is 0 Å².